The van der Waals surface area contributed by atoms with Crippen LogP contribution in [0.3, 0.4) is 0 Å². The summed E-state index contributed by atoms with van der Waals surface area (Å²) in [5, 5.41) is 16.0. The van der Waals surface area contributed by atoms with Gasteiger partial charge in [-0.2, -0.15) is 5.10 Å². The zero-order chi connectivity index (χ0) is 23.6. The summed E-state index contributed by atoms with van der Waals surface area (Å²) < 4.78 is 31.7. The minimum absolute atomic E-state index is 0.0665. The highest BCUT2D eigenvalue weighted by Crippen LogP contribution is 2.35. The zero-order valence-corrected chi connectivity index (χ0v) is 19.0. The van der Waals surface area contributed by atoms with E-state index in [1.807, 2.05) is 37.3 Å². The lowest BCUT2D eigenvalue weighted by Gasteiger charge is -2.13. The Morgan fingerprint density at radius 2 is 1.84 bits per heavy atom. The molecule has 0 saturated heterocycles. The molecule has 0 aliphatic carbocycles. The first kappa shape index (κ1) is 23.1. The molecule has 0 unspecified atom stereocenters. The van der Waals surface area contributed by atoms with Gasteiger partial charge in [-0.15, -0.1) is 0 Å². The van der Waals surface area contributed by atoms with Gasteiger partial charge in [0.15, 0.2) is 9.84 Å². The van der Waals surface area contributed by atoms with Gasteiger partial charge in [0.25, 0.3) is 5.69 Å². The summed E-state index contributed by atoms with van der Waals surface area (Å²) >= 11 is 0. The SMILES string of the molecule is CCn1ncc(C(=O)c2cc(C)c(S(C)(=O)=O)c(C)c2[N+](=O)[O-])c1OCc1ccccc1. The van der Waals surface area contributed by atoms with Crippen LogP contribution in [0.5, 0.6) is 5.88 Å². The molecule has 0 aliphatic heterocycles. The highest BCUT2D eigenvalue weighted by Gasteiger charge is 2.32. The Kier molecular flexibility index (Phi) is 6.45. The predicted octanol–water partition coefficient (Wildman–Crippen LogP) is 3.64. The summed E-state index contributed by atoms with van der Waals surface area (Å²) in [6, 6.07) is 10.6. The van der Waals surface area contributed by atoms with Crippen LogP contribution in [0.4, 0.5) is 5.69 Å². The maximum absolute atomic E-state index is 13.4. The second-order valence-corrected chi connectivity index (χ2v) is 9.31. The first-order chi connectivity index (χ1) is 15.1. The van der Waals surface area contributed by atoms with E-state index < -0.39 is 26.2 Å². The molecule has 32 heavy (non-hydrogen) atoms. The van der Waals surface area contributed by atoms with Gasteiger partial charge in [-0.25, -0.2) is 13.1 Å². The number of hydrogen-bond acceptors (Lipinski definition) is 7. The lowest BCUT2D eigenvalue weighted by molar-refractivity contribution is -0.385. The van der Waals surface area contributed by atoms with Crippen molar-refractivity contribution in [2.75, 3.05) is 6.26 Å². The molecule has 0 aliphatic rings. The molecule has 168 valence electrons. The Bertz CT molecular complexity index is 1300. The van der Waals surface area contributed by atoms with Crippen molar-refractivity contribution >= 4 is 21.3 Å². The van der Waals surface area contributed by atoms with Gasteiger partial charge in [-0.1, -0.05) is 30.3 Å². The largest absolute Gasteiger partial charge is 0.472 e. The van der Waals surface area contributed by atoms with Crippen molar-refractivity contribution in [3.8, 4) is 5.88 Å². The number of benzene rings is 2. The molecule has 9 nitrogen and oxygen atoms in total. The van der Waals surface area contributed by atoms with Crippen LogP contribution in [0.2, 0.25) is 0 Å². The van der Waals surface area contributed by atoms with Crippen LogP contribution in [0.25, 0.3) is 0 Å². The Labute approximate surface area is 185 Å². The Hall–Kier alpha value is -3.53. The van der Waals surface area contributed by atoms with Gasteiger partial charge in [0.2, 0.25) is 11.7 Å². The molecule has 1 heterocycles. The number of carbonyl (C=O) groups excluding carboxylic acids is 1. The van der Waals surface area contributed by atoms with Crippen LogP contribution < -0.4 is 4.74 Å². The third kappa shape index (κ3) is 4.40. The van der Waals surface area contributed by atoms with Crippen molar-refractivity contribution in [2.45, 2.75) is 38.8 Å². The highest BCUT2D eigenvalue weighted by atomic mass is 32.2. The molecule has 10 heteroatoms. The van der Waals surface area contributed by atoms with Crippen LogP contribution in [-0.4, -0.2) is 35.2 Å². The molecule has 0 N–H and O–H groups in total. The second kappa shape index (κ2) is 8.91. The fourth-order valence-electron chi connectivity index (χ4n) is 3.71. The molecule has 3 aromatic rings. The number of ketones is 1. The standard InChI is InChI=1S/C22H23N3O6S/c1-5-24-22(31-13-16-9-7-6-8-10-16)18(12-23-24)20(26)17-11-14(2)21(32(4,29)30)15(3)19(17)25(27)28/h6-12H,5,13H2,1-4H3. The van der Waals surface area contributed by atoms with E-state index in [-0.39, 0.29) is 39.6 Å². The molecule has 1 aromatic heterocycles. The smallest absolute Gasteiger partial charge is 0.284 e. The van der Waals surface area contributed by atoms with Gasteiger partial charge in [0.1, 0.15) is 17.7 Å². The van der Waals surface area contributed by atoms with Gasteiger partial charge in [0.05, 0.1) is 16.0 Å². The maximum atomic E-state index is 13.4. The van der Waals surface area contributed by atoms with Crippen molar-refractivity contribution in [1.29, 1.82) is 0 Å². The van der Waals surface area contributed by atoms with Crippen LogP contribution in [0.1, 0.15) is 39.5 Å². The molecule has 0 bridgehead atoms. The quantitative estimate of drug-likeness (QED) is 0.287. The van der Waals surface area contributed by atoms with Crippen molar-refractivity contribution in [3.05, 3.63) is 80.5 Å². The van der Waals surface area contributed by atoms with Crippen molar-refractivity contribution < 1.29 is 22.9 Å². The molecule has 0 amide bonds. The highest BCUT2D eigenvalue weighted by molar-refractivity contribution is 7.90. The van der Waals surface area contributed by atoms with Crippen LogP contribution in [0.15, 0.2) is 47.5 Å². The minimum atomic E-state index is -3.73. The van der Waals surface area contributed by atoms with E-state index in [1.165, 1.54) is 30.8 Å². The van der Waals surface area contributed by atoms with Crippen molar-refractivity contribution in [1.82, 2.24) is 9.78 Å². The average Bonchev–Trinajstić information content (AvgIpc) is 3.13. The maximum Gasteiger partial charge on any atom is 0.284 e. The number of aromatic nitrogens is 2. The summed E-state index contributed by atoms with van der Waals surface area (Å²) in [4.78, 5) is 24.4. The fraction of sp³-hybridized carbons (Fsp3) is 0.273. The lowest BCUT2D eigenvalue weighted by Crippen LogP contribution is -2.13. The number of carbonyl (C=O) groups is 1. The topological polar surface area (TPSA) is 121 Å². The molecule has 0 saturated carbocycles. The number of nitro benzene ring substituents is 1. The average molecular weight is 458 g/mol. The van der Waals surface area contributed by atoms with E-state index in [9.17, 15) is 23.3 Å². The van der Waals surface area contributed by atoms with Gasteiger partial charge in [-0.3, -0.25) is 14.9 Å². The zero-order valence-electron chi connectivity index (χ0n) is 18.2. The normalized spacial score (nSPS) is 11.4. The monoisotopic (exact) mass is 457 g/mol. The Balaban J connectivity index is 2.12. The third-order valence-electron chi connectivity index (χ3n) is 5.02. The van der Waals surface area contributed by atoms with E-state index >= 15 is 0 Å². The van der Waals surface area contributed by atoms with Gasteiger partial charge in [0, 0.05) is 18.4 Å². The van der Waals surface area contributed by atoms with Crippen LogP contribution >= 0.6 is 0 Å². The molecule has 0 radical (unpaired) electrons. The number of hydrogen-bond donors (Lipinski definition) is 0. The fourth-order valence-corrected chi connectivity index (χ4v) is 5.01. The molecular formula is C22H23N3O6S. The van der Waals surface area contributed by atoms with Crippen LogP contribution in [-0.2, 0) is 23.0 Å². The summed E-state index contributed by atoms with van der Waals surface area (Å²) in [6.45, 7) is 5.27. The van der Waals surface area contributed by atoms with E-state index in [2.05, 4.69) is 5.10 Å². The first-order valence-electron chi connectivity index (χ1n) is 9.82. The Morgan fingerprint density at radius 3 is 2.41 bits per heavy atom. The van der Waals surface area contributed by atoms with Gasteiger partial charge >= 0.3 is 0 Å². The van der Waals surface area contributed by atoms with Gasteiger partial charge < -0.3 is 4.74 Å². The van der Waals surface area contributed by atoms with Gasteiger partial charge in [-0.05, 0) is 38.0 Å². The second-order valence-electron chi connectivity index (χ2n) is 7.36. The number of rotatable bonds is 8. The Morgan fingerprint density at radius 1 is 1.19 bits per heavy atom. The number of nitro groups is 1. The molecule has 0 spiro atoms. The summed E-state index contributed by atoms with van der Waals surface area (Å²) in [7, 11) is -3.73. The molecule has 0 atom stereocenters. The summed E-state index contributed by atoms with van der Waals surface area (Å²) in [5.74, 6) is -0.469. The molecular weight excluding hydrogens is 434 g/mol. The molecule has 2 aromatic carbocycles. The number of aryl methyl sites for hydroxylation is 2. The van der Waals surface area contributed by atoms with Crippen molar-refractivity contribution in [3.63, 3.8) is 0 Å². The molecule has 0 fully saturated rings. The van der Waals surface area contributed by atoms with E-state index in [1.54, 1.807) is 0 Å². The predicted molar refractivity (Wildman–Crippen MR) is 118 cm³/mol. The van der Waals surface area contributed by atoms with E-state index in [0.717, 1.165) is 11.8 Å². The summed E-state index contributed by atoms with van der Waals surface area (Å²) in [5.41, 5.74) is 0.377. The molecule has 3 rings (SSSR count). The van der Waals surface area contributed by atoms with Crippen molar-refractivity contribution in [2.24, 2.45) is 0 Å². The first-order valence-corrected chi connectivity index (χ1v) is 11.7. The summed E-state index contributed by atoms with van der Waals surface area (Å²) in [6.07, 6.45) is 2.29. The number of nitrogens with zero attached hydrogens (tertiary/aromatic N) is 3. The minimum Gasteiger partial charge on any atom is -0.472 e. The van der Waals surface area contributed by atoms with E-state index in [0.29, 0.717) is 6.54 Å². The number of sulfone groups is 1. The third-order valence-corrected chi connectivity index (χ3v) is 6.39. The van der Waals surface area contributed by atoms with E-state index in [4.69, 9.17) is 4.74 Å². The lowest BCUT2D eigenvalue weighted by atomic mass is 9.98. The number of ether oxygens (including phenoxy) is 1. The van der Waals surface area contributed by atoms with Crippen LogP contribution in [0, 0.1) is 24.0 Å².